The van der Waals surface area contributed by atoms with Gasteiger partial charge in [0.1, 0.15) is 5.69 Å². The number of thiazole rings is 1. The molecule has 1 aliphatic heterocycles. The van der Waals surface area contributed by atoms with E-state index in [0.717, 1.165) is 36.5 Å². The summed E-state index contributed by atoms with van der Waals surface area (Å²) in [5.74, 6) is -0.0792. The Labute approximate surface area is 153 Å². The molecule has 6 heteroatoms. The van der Waals surface area contributed by atoms with Crippen LogP contribution in [-0.2, 0) is 6.42 Å². The fraction of sp³-hybridized carbons (Fsp3) is 0.526. The van der Waals surface area contributed by atoms with Crippen molar-refractivity contribution in [2.24, 2.45) is 0 Å². The number of hydrogen-bond acceptors (Lipinski definition) is 5. The molecule has 1 atom stereocenters. The number of aryl methyl sites for hydroxylation is 1. The van der Waals surface area contributed by atoms with Gasteiger partial charge in [-0.3, -0.25) is 14.7 Å². The number of nitrogens with zero attached hydrogens (tertiary/aromatic N) is 3. The van der Waals surface area contributed by atoms with Crippen molar-refractivity contribution in [3.63, 3.8) is 0 Å². The summed E-state index contributed by atoms with van der Waals surface area (Å²) < 4.78 is 0. The van der Waals surface area contributed by atoms with Crippen LogP contribution in [0.1, 0.15) is 59.7 Å². The second-order valence-corrected chi connectivity index (χ2v) is 7.43. The molecule has 0 radical (unpaired) electrons. The Bertz CT molecular complexity index is 667. The summed E-state index contributed by atoms with van der Waals surface area (Å²) in [7, 11) is 0. The van der Waals surface area contributed by atoms with Crippen LogP contribution in [0.4, 0.5) is 0 Å². The van der Waals surface area contributed by atoms with E-state index in [2.05, 4.69) is 33.2 Å². The van der Waals surface area contributed by atoms with Gasteiger partial charge < -0.3 is 5.32 Å². The number of aromatic nitrogens is 2. The van der Waals surface area contributed by atoms with Gasteiger partial charge in [0.25, 0.3) is 5.91 Å². The summed E-state index contributed by atoms with van der Waals surface area (Å²) in [4.78, 5) is 23.6. The number of pyridine rings is 1. The van der Waals surface area contributed by atoms with Gasteiger partial charge in [-0.15, -0.1) is 11.3 Å². The summed E-state index contributed by atoms with van der Waals surface area (Å²) in [5, 5.41) is 5.98. The van der Waals surface area contributed by atoms with E-state index in [4.69, 9.17) is 0 Å². The van der Waals surface area contributed by atoms with E-state index in [1.807, 2.05) is 17.6 Å². The van der Waals surface area contributed by atoms with E-state index in [9.17, 15) is 4.79 Å². The monoisotopic (exact) mass is 358 g/mol. The Hall–Kier alpha value is -1.79. The largest absolute Gasteiger partial charge is 0.349 e. The molecule has 2 aromatic heterocycles. The molecule has 0 aliphatic carbocycles. The highest BCUT2D eigenvalue weighted by molar-refractivity contribution is 7.09. The zero-order valence-corrected chi connectivity index (χ0v) is 15.6. The summed E-state index contributed by atoms with van der Waals surface area (Å²) in [6.07, 6.45) is 9.42. The Balaban J connectivity index is 1.66. The minimum Gasteiger partial charge on any atom is -0.349 e. The number of amides is 1. The number of piperidine rings is 1. The normalized spacial score (nSPS) is 16.5. The Morgan fingerprint density at radius 3 is 2.92 bits per heavy atom. The van der Waals surface area contributed by atoms with Crippen molar-refractivity contribution in [2.75, 3.05) is 19.6 Å². The van der Waals surface area contributed by atoms with Crippen molar-refractivity contribution in [2.45, 2.75) is 45.1 Å². The molecule has 3 rings (SSSR count). The topological polar surface area (TPSA) is 58.1 Å². The maximum Gasteiger partial charge on any atom is 0.270 e. The maximum absolute atomic E-state index is 12.5. The molecule has 1 fully saturated rings. The third kappa shape index (κ3) is 4.86. The first-order valence-corrected chi connectivity index (χ1v) is 10.0. The molecular formula is C19H26N4OS. The molecular weight excluding hydrogens is 332 g/mol. The van der Waals surface area contributed by atoms with Gasteiger partial charge in [-0.1, -0.05) is 19.4 Å². The van der Waals surface area contributed by atoms with Crippen molar-refractivity contribution in [1.82, 2.24) is 20.2 Å². The zero-order chi connectivity index (χ0) is 17.5. The highest BCUT2D eigenvalue weighted by atomic mass is 32.1. The number of likely N-dealkylation sites (tertiary alicyclic amines) is 1. The molecule has 1 N–H and O–H groups in total. The standard InChI is InChI=1S/C19H26N4OS/c1-2-7-18-22-16(14-25-18)19(24)21-13-17(15-8-6-9-20-12-15)23-10-4-3-5-11-23/h6,8-9,12,14,17H,2-5,7,10-11,13H2,1H3,(H,21,24)/t17-/m1/s1. The van der Waals surface area contributed by atoms with Crippen LogP contribution in [0, 0.1) is 0 Å². The summed E-state index contributed by atoms with van der Waals surface area (Å²) in [6.45, 7) is 4.86. The smallest absolute Gasteiger partial charge is 0.270 e. The van der Waals surface area contributed by atoms with Crippen molar-refractivity contribution in [1.29, 1.82) is 0 Å². The molecule has 25 heavy (non-hydrogen) atoms. The minimum atomic E-state index is -0.0792. The average Bonchev–Trinajstić information content (AvgIpc) is 3.13. The van der Waals surface area contributed by atoms with Crippen LogP contribution < -0.4 is 5.32 Å². The predicted octanol–water partition coefficient (Wildman–Crippen LogP) is 3.45. The highest BCUT2D eigenvalue weighted by Crippen LogP contribution is 2.23. The summed E-state index contributed by atoms with van der Waals surface area (Å²) >= 11 is 1.57. The van der Waals surface area contributed by atoms with Crippen molar-refractivity contribution in [3.8, 4) is 0 Å². The average molecular weight is 359 g/mol. The van der Waals surface area contributed by atoms with E-state index >= 15 is 0 Å². The first kappa shape index (κ1) is 18.0. The Morgan fingerprint density at radius 1 is 1.36 bits per heavy atom. The molecule has 1 aliphatic rings. The number of carbonyl (C=O) groups is 1. The van der Waals surface area contributed by atoms with Gasteiger partial charge in [-0.25, -0.2) is 4.98 Å². The van der Waals surface area contributed by atoms with Crippen LogP contribution in [0.5, 0.6) is 0 Å². The van der Waals surface area contributed by atoms with E-state index in [-0.39, 0.29) is 11.9 Å². The number of carbonyl (C=O) groups excluding carboxylic acids is 1. The lowest BCUT2D eigenvalue weighted by molar-refractivity contribution is 0.0920. The van der Waals surface area contributed by atoms with Gasteiger partial charge in [0.15, 0.2) is 0 Å². The molecule has 0 aromatic carbocycles. The van der Waals surface area contributed by atoms with Crippen LogP contribution in [0.3, 0.4) is 0 Å². The number of rotatable bonds is 7. The van der Waals surface area contributed by atoms with Gasteiger partial charge in [0.05, 0.1) is 11.0 Å². The van der Waals surface area contributed by atoms with Crippen LogP contribution >= 0.6 is 11.3 Å². The van der Waals surface area contributed by atoms with E-state index in [1.54, 1.807) is 17.5 Å². The quantitative estimate of drug-likeness (QED) is 0.824. The van der Waals surface area contributed by atoms with Gasteiger partial charge in [-0.2, -0.15) is 0 Å². The molecule has 1 saturated heterocycles. The fourth-order valence-electron chi connectivity index (χ4n) is 3.28. The van der Waals surface area contributed by atoms with E-state index in [0.29, 0.717) is 12.2 Å². The third-order valence-corrected chi connectivity index (χ3v) is 5.51. The Kier molecular flexibility index (Phi) is 6.53. The second kappa shape index (κ2) is 9.06. The van der Waals surface area contributed by atoms with Crippen molar-refractivity contribution < 1.29 is 4.79 Å². The molecule has 0 bridgehead atoms. The predicted molar refractivity (Wildman–Crippen MR) is 101 cm³/mol. The summed E-state index contributed by atoms with van der Waals surface area (Å²) in [5.41, 5.74) is 1.70. The second-order valence-electron chi connectivity index (χ2n) is 6.49. The van der Waals surface area contributed by atoms with Gasteiger partial charge in [0.2, 0.25) is 0 Å². The zero-order valence-electron chi connectivity index (χ0n) is 14.8. The SMILES string of the molecule is CCCc1nc(C(=O)NC[C@H](c2cccnc2)N2CCCCC2)cs1. The molecule has 134 valence electrons. The van der Waals surface area contributed by atoms with Crippen molar-refractivity contribution >= 4 is 17.2 Å². The van der Waals surface area contributed by atoms with Gasteiger partial charge >= 0.3 is 0 Å². The molecule has 5 nitrogen and oxygen atoms in total. The molecule has 2 aromatic rings. The fourth-order valence-corrected chi connectivity index (χ4v) is 4.17. The highest BCUT2D eigenvalue weighted by Gasteiger charge is 2.23. The van der Waals surface area contributed by atoms with Crippen LogP contribution in [0.15, 0.2) is 29.9 Å². The number of nitrogens with one attached hydrogen (secondary N) is 1. The minimum absolute atomic E-state index is 0.0792. The van der Waals surface area contributed by atoms with Crippen molar-refractivity contribution in [3.05, 3.63) is 46.2 Å². The lowest BCUT2D eigenvalue weighted by Gasteiger charge is -2.34. The molecule has 0 spiro atoms. The van der Waals surface area contributed by atoms with Crippen LogP contribution in [-0.4, -0.2) is 40.4 Å². The third-order valence-electron chi connectivity index (χ3n) is 4.60. The molecule has 0 saturated carbocycles. The van der Waals surface area contributed by atoms with Gasteiger partial charge in [-0.05, 0) is 50.4 Å². The van der Waals surface area contributed by atoms with Crippen LogP contribution in [0.2, 0.25) is 0 Å². The molecule has 3 heterocycles. The number of hydrogen-bond donors (Lipinski definition) is 1. The molecule has 1 amide bonds. The first-order valence-electron chi connectivity index (χ1n) is 9.14. The van der Waals surface area contributed by atoms with E-state index < -0.39 is 0 Å². The van der Waals surface area contributed by atoms with Gasteiger partial charge in [0, 0.05) is 24.3 Å². The lowest BCUT2D eigenvalue weighted by Crippen LogP contribution is -2.40. The summed E-state index contributed by atoms with van der Waals surface area (Å²) in [6, 6.07) is 4.23. The first-order chi connectivity index (χ1) is 12.3. The molecule has 0 unspecified atom stereocenters. The maximum atomic E-state index is 12.5. The Morgan fingerprint density at radius 2 is 2.20 bits per heavy atom. The lowest BCUT2D eigenvalue weighted by atomic mass is 10.0. The van der Waals surface area contributed by atoms with E-state index in [1.165, 1.54) is 19.3 Å². The van der Waals surface area contributed by atoms with Crippen LogP contribution in [0.25, 0.3) is 0 Å².